The molecule has 0 bridgehead atoms. The molecule has 0 radical (unpaired) electrons. The Morgan fingerprint density at radius 3 is 2.93 bits per heavy atom. The fraction of sp³-hybridized carbons (Fsp3) is 0.143. The van der Waals surface area contributed by atoms with E-state index < -0.39 is 0 Å². The van der Waals surface area contributed by atoms with Crippen LogP contribution >= 0.6 is 23.1 Å². The van der Waals surface area contributed by atoms with Gasteiger partial charge in [0.1, 0.15) is 10.4 Å². The summed E-state index contributed by atoms with van der Waals surface area (Å²) >= 11 is 2.67. The molecule has 0 saturated heterocycles. The van der Waals surface area contributed by atoms with Gasteiger partial charge in [-0.3, -0.25) is 14.3 Å². The van der Waals surface area contributed by atoms with Crippen LogP contribution in [0.1, 0.15) is 5.56 Å². The highest BCUT2D eigenvalue weighted by molar-refractivity contribution is 7.99. The summed E-state index contributed by atoms with van der Waals surface area (Å²) in [6.45, 7) is 0.357. The molecule has 4 rings (SSSR count). The molecule has 0 aliphatic rings. The molecule has 8 heteroatoms. The number of hydrogen-bond acceptors (Lipinski definition) is 7. The lowest BCUT2D eigenvalue weighted by Crippen LogP contribution is -2.23. The van der Waals surface area contributed by atoms with Crippen molar-refractivity contribution in [3.8, 4) is 22.3 Å². The van der Waals surface area contributed by atoms with E-state index in [4.69, 9.17) is 15.0 Å². The van der Waals surface area contributed by atoms with Gasteiger partial charge in [-0.05, 0) is 35.4 Å². The zero-order valence-corrected chi connectivity index (χ0v) is 17.2. The van der Waals surface area contributed by atoms with Gasteiger partial charge < -0.3 is 4.74 Å². The van der Waals surface area contributed by atoms with Crippen LogP contribution in [-0.4, -0.2) is 27.4 Å². The summed E-state index contributed by atoms with van der Waals surface area (Å²) in [6.07, 6.45) is 3.42. The molecule has 0 saturated carbocycles. The minimum atomic E-state index is -0.113. The lowest BCUT2D eigenvalue weighted by atomic mass is 10.2. The van der Waals surface area contributed by atoms with Gasteiger partial charge >= 0.3 is 0 Å². The molecule has 0 aliphatic carbocycles. The lowest BCUT2D eigenvalue weighted by Gasteiger charge is -2.10. The average Bonchev–Trinajstić information content (AvgIpc) is 3.20. The normalized spacial score (nSPS) is 10.8. The van der Waals surface area contributed by atoms with Gasteiger partial charge in [0.05, 0.1) is 31.0 Å². The van der Waals surface area contributed by atoms with Crippen molar-refractivity contribution in [3.05, 3.63) is 70.8 Å². The number of thioether (sulfide) groups is 1. The highest BCUT2D eigenvalue weighted by Gasteiger charge is 2.16. The predicted molar refractivity (Wildman–Crippen MR) is 116 cm³/mol. The van der Waals surface area contributed by atoms with Gasteiger partial charge in [0, 0.05) is 17.3 Å². The highest BCUT2D eigenvalue weighted by atomic mass is 32.2. The molecule has 4 aromatic rings. The molecule has 0 fully saturated rings. The summed E-state index contributed by atoms with van der Waals surface area (Å²) in [6, 6.07) is 15.5. The second-order valence-corrected chi connectivity index (χ2v) is 8.15. The average molecular weight is 421 g/mol. The van der Waals surface area contributed by atoms with E-state index in [1.54, 1.807) is 24.1 Å². The van der Waals surface area contributed by atoms with E-state index in [1.165, 1.54) is 23.1 Å². The topological polar surface area (TPSA) is 80.8 Å². The highest BCUT2D eigenvalue weighted by Crippen LogP contribution is 2.33. The SMILES string of the molecule is COc1cccc(-c2cc3nc(SCC#N)n(Cc4cccnc4)c(=O)c3s2)c1. The zero-order valence-electron chi connectivity index (χ0n) is 15.5. The molecule has 3 heterocycles. The zero-order chi connectivity index (χ0) is 20.2. The molecule has 0 spiro atoms. The first-order valence-electron chi connectivity index (χ1n) is 8.77. The Morgan fingerprint density at radius 1 is 1.28 bits per heavy atom. The molecule has 0 amide bonds. The van der Waals surface area contributed by atoms with Crippen molar-refractivity contribution in [1.82, 2.24) is 14.5 Å². The summed E-state index contributed by atoms with van der Waals surface area (Å²) in [5.41, 5.74) is 2.40. The lowest BCUT2D eigenvalue weighted by molar-refractivity contribution is 0.415. The van der Waals surface area contributed by atoms with Crippen LogP contribution < -0.4 is 10.3 Å². The third kappa shape index (κ3) is 4.01. The van der Waals surface area contributed by atoms with Crippen LogP contribution in [0.4, 0.5) is 0 Å². The minimum absolute atomic E-state index is 0.113. The maximum absolute atomic E-state index is 13.3. The summed E-state index contributed by atoms with van der Waals surface area (Å²) in [4.78, 5) is 23.0. The van der Waals surface area contributed by atoms with Crippen molar-refractivity contribution in [2.75, 3.05) is 12.9 Å². The van der Waals surface area contributed by atoms with Gasteiger partial charge in [0.25, 0.3) is 5.56 Å². The molecule has 3 aromatic heterocycles. The molecule has 0 aliphatic heterocycles. The summed E-state index contributed by atoms with van der Waals surface area (Å²) < 4.78 is 7.52. The Morgan fingerprint density at radius 2 is 2.17 bits per heavy atom. The Bertz CT molecular complexity index is 1260. The molecular formula is C21H16N4O2S2. The number of rotatable bonds is 6. The molecule has 1 aromatic carbocycles. The maximum atomic E-state index is 13.3. The number of benzene rings is 1. The molecule has 144 valence electrons. The van der Waals surface area contributed by atoms with Gasteiger partial charge in [-0.15, -0.1) is 11.3 Å². The molecule has 0 N–H and O–H groups in total. The van der Waals surface area contributed by atoms with Crippen molar-refractivity contribution in [2.24, 2.45) is 0 Å². The molecular weight excluding hydrogens is 404 g/mol. The first-order valence-corrected chi connectivity index (χ1v) is 10.6. The number of fused-ring (bicyclic) bond motifs is 1. The van der Waals surface area contributed by atoms with E-state index in [0.717, 1.165) is 21.8 Å². The van der Waals surface area contributed by atoms with E-state index in [-0.39, 0.29) is 11.3 Å². The van der Waals surface area contributed by atoms with Crippen molar-refractivity contribution < 1.29 is 4.74 Å². The Kier molecular flexibility index (Phi) is 5.60. The number of aromatic nitrogens is 3. The third-order valence-corrected chi connectivity index (χ3v) is 6.29. The van der Waals surface area contributed by atoms with Gasteiger partial charge in [-0.1, -0.05) is 30.0 Å². The number of thiophene rings is 1. The molecule has 29 heavy (non-hydrogen) atoms. The monoisotopic (exact) mass is 420 g/mol. The molecule has 0 unspecified atom stereocenters. The maximum Gasteiger partial charge on any atom is 0.272 e. The van der Waals surface area contributed by atoms with Crippen LogP contribution in [0.3, 0.4) is 0 Å². The van der Waals surface area contributed by atoms with E-state index in [1.807, 2.05) is 42.5 Å². The van der Waals surface area contributed by atoms with E-state index >= 15 is 0 Å². The third-order valence-electron chi connectivity index (χ3n) is 4.28. The van der Waals surface area contributed by atoms with Gasteiger partial charge in [0.15, 0.2) is 5.16 Å². The minimum Gasteiger partial charge on any atom is -0.497 e. The Balaban J connectivity index is 1.84. The van der Waals surface area contributed by atoms with E-state index in [9.17, 15) is 4.79 Å². The second-order valence-electron chi connectivity index (χ2n) is 6.15. The van der Waals surface area contributed by atoms with Crippen LogP contribution in [0.2, 0.25) is 0 Å². The Hall–Kier alpha value is -3.15. The van der Waals surface area contributed by atoms with Crippen LogP contribution in [-0.2, 0) is 6.54 Å². The summed E-state index contributed by atoms with van der Waals surface area (Å²) in [5.74, 6) is 0.977. The first-order chi connectivity index (χ1) is 14.2. The van der Waals surface area contributed by atoms with Crippen molar-refractivity contribution in [1.29, 1.82) is 5.26 Å². The number of pyridine rings is 1. The first kappa shape index (κ1) is 19.2. The number of hydrogen-bond donors (Lipinski definition) is 0. The summed E-state index contributed by atoms with van der Waals surface area (Å²) in [5, 5.41) is 9.52. The van der Waals surface area contributed by atoms with Crippen LogP contribution in [0.15, 0.2) is 64.8 Å². The van der Waals surface area contributed by atoms with Gasteiger partial charge in [-0.2, -0.15) is 5.26 Å². The molecule has 6 nitrogen and oxygen atoms in total. The Labute approximate surface area is 175 Å². The van der Waals surface area contributed by atoms with Gasteiger partial charge in [0.2, 0.25) is 0 Å². The van der Waals surface area contributed by atoms with Crippen molar-refractivity contribution in [3.63, 3.8) is 0 Å². The van der Waals surface area contributed by atoms with E-state index in [0.29, 0.717) is 21.9 Å². The van der Waals surface area contributed by atoms with Gasteiger partial charge in [-0.25, -0.2) is 4.98 Å². The van der Waals surface area contributed by atoms with E-state index in [2.05, 4.69) is 11.1 Å². The fourth-order valence-corrected chi connectivity index (χ4v) is 4.63. The molecule has 0 atom stereocenters. The number of nitrogens with zero attached hydrogens (tertiary/aromatic N) is 4. The smallest absolute Gasteiger partial charge is 0.272 e. The standard InChI is InChI=1S/C21H16N4O2S2/c1-27-16-6-2-5-15(10-16)18-11-17-19(29-18)20(26)25(21(24-17)28-9-7-22)13-14-4-3-8-23-12-14/h2-6,8,10-12H,9,13H2,1H3. The number of nitriles is 1. The van der Waals surface area contributed by atoms with Crippen LogP contribution in [0.25, 0.3) is 20.7 Å². The van der Waals surface area contributed by atoms with Crippen LogP contribution in [0, 0.1) is 11.3 Å². The largest absolute Gasteiger partial charge is 0.497 e. The van der Waals surface area contributed by atoms with Crippen molar-refractivity contribution >= 4 is 33.3 Å². The number of ether oxygens (including phenoxy) is 1. The van der Waals surface area contributed by atoms with Crippen molar-refractivity contribution in [2.45, 2.75) is 11.7 Å². The number of methoxy groups -OCH3 is 1. The fourth-order valence-electron chi connectivity index (χ4n) is 2.93. The summed E-state index contributed by atoms with van der Waals surface area (Å²) in [7, 11) is 1.63. The second kappa shape index (κ2) is 8.47. The predicted octanol–water partition coefficient (Wildman–Crippen LogP) is 4.19. The quantitative estimate of drug-likeness (QED) is 0.344. The van der Waals surface area contributed by atoms with Crippen LogP contribution in [0.5, 0.6) is 5.75 Å².